The molecule has 0 bridgehead atoms. The SMILES string of the molecule is CC(C)(C)OC(=O)N1CCCC1Cc1ccc(C=O)cc1. The van der Waals surface area contributed by atoms with Crippen LogP contribution in [0, 0.1) is 0 Å². The molecular formula is C17H23NO3. The second-order valence-electron chi connectivity index (χ2n) is 6.53. The van der Waals surface area contributed by atoms with Gasteiger partial charge in [0.25, 0.3) is 0 Å². The number of carbonyl (C=O) groups excluding carboxylic acids is 2. The molecule has 1 aromatic rings. The zero-order valence-electron chi connectivity index (χ0n) is 13.0. The van der Waals surface area contributed by atoms with Crippen LogP contribution in [0.25, 0.3) is 0 Å². The van der Waals surface area contributed by atoms with E-state index in [4.69, 9.17) is 4.74 Å². The summed E-state index contributed by atoms with van der Waals surface area (Å²) in [5, 5.41) is 0. The van der Waals surface area contributed by atoms with Crippen molar-refractivity contribution >= 4 is 12.4 Å². The maximum Gasteiger partial charge on any atom is 0.410 e. The van der Waals surface area contributed by atoms with Gasteiger partial charge in [0.2, 0.25) is 0 Å². The Kier molecular flexibility index (Phi) is 4.66. The zero-order chi connectivity index (χ0) is 15.5. The van der Waals surface area contributed by atoms with E-state index in [0.717, 1.165) is 37.7 Å². The van der Waals surface area contributed by atoms with Crippen molar-refractivity contribution in [1.29, 1.82) is 0 Å². The molecule has 1 aliphatic rings. The highest BCUT2D eigenvalue weighted by Gasteiger charge is 2.32. The monoisotopic (exact) mass is 289 g/mol. The Morgan fingerprint density at radius 2 is 2.00 bits per heavy atom. The van der Waals surface area contributed by atoms with Crippen LogP contribution in [0.3, 0.4) is 0 Å². The van der Waals surface area contributed by atoms with Crippen LogP contribution < -0.4 is 0 Å². The molecule has 0 N–H and O–H groups in total. The fourth-order valence-electron chi connectivity index (χ4n) is 2.61. The van der Waals surface area contributed by atoms with Gasteiger partial charge in [0.05, 0.1) is 0 Å². The lowest BCUT2D eigenvalue weighted by molar-refractivity contribution is 0.0227. The van der Waals surface area contributed by atoms with E-state index in [1.807, 2.05) is 49.9 Å². The Morgan fingerprint density at radius 1 is 1.33 bits per heavy atom. The minimum atomic E-state index is -0.462. The minimum absolute atomic E-state index is 0.182. The molecule has 0 saturated carbocycles. The van der Waals surface area contributed by atoms with Gasteiger partial charge in [0, 0.05) is 18.2 Å². The van der Waals surface area contributed by atoms with E-state index in [-0.39, 0.29) is 12.1 Å². The number of carbonyl (C=O) groups is 2. The smallest absolute Gasteiger partial charge is 0.410 e. The third-order valence-corrected chi connectivity index (χ3v) is 3.59. The zero-order valence-corrected chi connectivity index (χ0v) is 13.0. The van der Waals surface area contributed by atoms with Crippen molar-refractivity contribution in [2.45, 2.75) is 51.7 Å². The highest BCUT2D eigenvalue weighted by atomic mass is 16.6. The molecular weight excluding hydrogens is 266 g/mol. The maximum absolute atomic E-state index is 12.2. The molecule has 0 aliphatic carbocycles. The summed E-state index contributed by atoms with van der Waals surface area (Å²) >= 11 is 0. The summed E-state index contributed by atoms with van der Waals surface area (Å²) in [5.41, 5.74) is 1.35. The summed E-state index contributed by atoms with van der Waals surface area (Å²) in [4.78, 5) is 24.7. The van der Waals surface area contributed by atoms with E-state index >= 15 is 0 Å². The summed E-state index contributed by atoms with van der Waals surface area (Å²) in [7, 11) is 0. The van der Waals surface area contributed by atoms with Gasteiger partial charge in [0.1, 0.15) is 11.9 Å². The highest BCUT2D eigenvalue weighted by molar-refractivity contribution is 5.74. The first kappa shape index (κ1) is 15.5. The number of ether oxygens (including phenoxy) is 1. The van der Waals surface area contributed by atoms with Crippen molar-refractivity contribution in [3.05, 3.63) is 35.4 Å². The lowest BCUT2D eigenvalue weighted by Crippen LogP contribution is -2.40. The van der Waals surface area contributed by atoms with E-state index in [1.54, 1.807) is 0 Å². The Labute approximate surface area is 126 Å². The Hall–Kier alpha value is -1.84. The van der Waals surface area contributed by atoms with E-state index in [0.29, 0.717) is 5.56 Å². The first-order valence-electron chi connectivity index (χ1n) is 7.43. The molecule has 1 aliphatic heterocycles. The van der Waals surface area contributed by atoms with Crippen molar-refractivity contribution < 1.29 is 14.3 Å². The molecule has 1 atom stereocenters. The fourth-order valence-corrected chi connectivity index (χ4v) is 2.61. The standard InChI is InChI=1S/C17H23NO3/c1-17(2,3)21-16(20)18-10-4-5-15(18)11-13-6-8-14(12-19)9-7-13/h6-9,12,15H,4-5,10-11H2,1-3H3. The van der Waals surface area contributed by atoms with Crippen molar-refractivity contribution in [2.24, 2.45) is 0 Å². The van der Waals surface area contributed by atoms with E-state index in [1.165, 1.54) is 0 Å². The molecule has 1 aromatic carbocycles. The van der Waals surface area contributed by atoms with Crippen LogP contribution in [-0.2, 0) is 11.2 Å². The molecule has 1 heterocycles. The number of hydrogen-bond acceptors (Lipinski definition) is 3. The van der Waals surface area contributed by atoms with Crippen LogP contribution in [-0.4, -0.2) is 35.5 Å². The van der Waals surface area contributed by atoms with Gasteiger partial charge in [-0.05, 0) is 45.6 Å². The molecule has 0 spiro atoms. The minimum Gasteiger partial charge on any atom is -0.444 e. The van der Waals surface area contributed by atoms with Crippen LogP contribution in [0.2, 0.25) is 0 Å². The molecule has 0 aromatic heterocycles. The van der Waals surface area contributed by atoms with Crippen molar-refractivity contribution in [3.63, 3.8) is 0 Å². The van der Waals surface area contributed by atoms with Crippen LogP contribution in [0.4, 0.5) is 4.79 Å². The second-order valence-corrected chi connectivity index (χ2v) is 6.53. The predicted octanol–water partition coefficient (Wildman–Crippen LogP) is 3.44. The molecule has 4 nitrogen and oxygen atoms in total. The van der Waals surface area contributed by atoms with Gasteiger partial charge in [-0.15, -0.1) is 0 Å². The third-order valence-electron chi connectivity index (χ3n) is 3.59. The van der Waals surface area contributed by atoms with E-state index in [9.17, 15) is 9.59 Å². The number of likely N-dealkylation sites (tertiary alicyclic amines) is 1. The van der Waals surface area contributed by atoms with Gasteiger partial charge in [-0.25, -0.2) is 4.79 Å². The normalized spacial score (nSPS) is 18.6. The number of amides is 1. The summed E-state index contributed by atoms with van der Waals surface area (Å²) in [6.45, 7) is 6.41. The first-order chi connectivity index (χ1) is 9.89. The molecule has 21 heavy (non-hydrogen) atoms. The molecule has 1 saturated heterocycles. The van der Waals surface area contributed by atoms with Gasteiger partial charge in [-0.3, -0.25) is 4.79 Å². The molecule has 1 unspecified atom stereocenters. The van der Waals surface area contributed by atoms with Gasteiger partial charge in [0.15, 0.2) is 0 Å². The fraction of sp³-hybridized carbons (Fsp3) is 0.529. The number of hydrogen-bond donors (Lipinski definition) is 0. The van der Waals surface area contributed by atoms with Crippen molar-refractivity contribution in [1.82, 2.24) is 4.90 Å². The van der Waals surface area contributed by atoms with Gasteiger partial charge < -0.3 is 9.64 Å². The Balaban J connectivity index is 2.01. The molecule has 4 heteroatoms. The number of benzene rings is 1. The first-order valence-corrected chi connectivity index (χ1v) is 7.43. The molecule has 2 rings (SSSR count). The molecule has 114 valence electrons. The molecule has 1 amide bonds. The summed E-state index contributed by atoms with van der Waals surface area (Å²) in [5.74, 6) is 0. The summed E-state index contributed by atoms with van der Waals surface area (Å²) in [6.07, 6.45) is 3.42. The highest BCUT2D eigenvalue weighted by Crippen LogP contribution is 2.23. The van der Waals surface area contributed by atoms with Crippen LogP contribution in [0.15, 0.2) is 24.3 Å². The summed E-state index contributed by atoms with van der Waals surface area (Å²) in [6, 6.07) is 7.72. The topological polar surface area (TPSA) is 46.6 Å². The van der Waals surface area contributed by atoms with Gasteiger partial charge in [-0.2, -0.15) is 0 Å². The average Bonchev–Trinajstić information content (AvgIpc) is 2.86. The summed E-state index contributed by atoms with van der Waals surface area (Å²) < 4.78 is 5.47. The lowest BCUT2D eigenvalue weighted by atomic mass is 10.0. The Morgan fingerprint density at radius 3 is 2.57 bits per heavy atom. The molecule has 1 fully saturated rings. The number of aldehydes is 1. The molecule has 0 radical (unpaired) electrons. The quantitative estimate of drug-likeness (QED) is 0.801. The average molecular weight is 289 g/mol. The van der Waals surface area contributed by atoms with Crippen molar-refractivity contribution in [2.75, 3.05) is 6.54 Å². The third kappa shape index (κ3) is 4.31. The van der Waals surface area contributed by atoms with E-state index in [2.05, 4.69) is 0 Å². The second kappa shape index (κ2) is 6.29. The lowest BCUT2D eigenvalue weighted by Gasteiger charge is -2.28. The van der Waals surface area contributed by atoms with Crippen molar-refractivity contribution in [3.8, 4) is 0 Å². The van der Waals surface area contributed by atoms with Crippen LogP contribution in [0.1, 0.15) is 49.5 Å². The largest absolute Gasteiger partial charge is 0.444 e. The maximum atomic E-state index is 12.2. The van der Waals surface area contributed by atoms with E-state index < -0.39 is 5.60 Å². The predicted molar refractivity (Wildman–Crippen MR) is 81.5 cm³/mol. The number of rotatable bonds is 3. The van der Waals surface area contributed by atoms with Gasteiger partial charge in [-0.1, -0.05) is 24.3 Å². The van der Waals surface area contributed by atoms with Crippen LogP contribution >= 0.6 is 0 Å². The van der Waals surface area contributed by atoms with Crippen LogP contribution in [0.5, 0.6) is 0 Å². The number of nitrogens with zero attached hydrogens (tertiary/aromatic N) is 1. The Bertz CT molecular complexity index is 502. The van der Waals surface area contributed by atoms with Gasteiger partial charge >= 0.3 is 6.09 Å².